The fraction of sp³-hybridized carbons (Fsp3) is 0.200. The van der Waals surface area contributed by atoms with Crippen molar-refractivity contribution in [3.05, 3.63) is 11.1 Å². The number of nitrogens with one attached hydrogen (secondary N) is 2. The van der Waals surface area contributed by atoms with E-state index >= 15 is 0 Å². The van der Waals surface area contributed by atoms with Crippen molar-refractivity contribution in [3.63, 3.8) is 0 Å². The number of hydrogen-bond acceptors (Lipinski definition) is 5. The van der Waals surface area contributed by atoms with Gasteiger partial charge in [0.2, 0.25) is 0 Å². The molecule has 0 radical (unpaired) electrons. The van der Waals surface area contributed by atoms with Gasteiger partial charge >= 0.3 is 0 Å². The summed E-state index contributed by atoms with van der Waals surface area (Å²) < 4.78 is 2.35. The van der Waals surface area contributed by atoms with Crippen molar-refractivity contribution in [3.8, 4) is 0 Å². The first kappa shape index (κ1) is 8.45. The standard InChI is InChI=1S/C5H6N6S2/c1-11-4(12)9-10-5(11)13-3-6-2-7-8-3/h2H,1H3,(H,9,12)(H,6,7,8). The van der Waals surface area contributed by atoms with Crippen LogP contribution in [0.5, 0.6) is 0 Å². The maximum absolute atomic E-state index is 4.96. The normalized spacial score (nSPS) is 10.5. The zero-order valence-corrected chi connectivity index (χ0v) is 8.32. The summed E-state index contributed by atoms with van der Waals surface area (Å²) >= 11 is 6.32. The highest BCUT2D eigenvalue weighted by Gasteiger charge is 2.05. The molecule has 0 aromatic carbocycles. The Labute approximate surface area is 82.8 Å². The highest BCUT2D eigenvalue weighted by atomic mass is 32.2. The van der Waals surface area contributed by atoms with Crippen LogP contribution in [-0.4, -0.2) is 29.9 Å². The summed E-state index contributed by atoms with van der Waals surface area (Å²) in [5.74, 6) is 0. The number of nitrogens with zero attached hydrogens (tertiary/aromatic N) is 4. The molecule has 2 rings (SSSR count). The van der Waals surface area contributed by atoms with Crippen LogP contribution >= 0.6 is 24.0 Å². The van der Waals surface area contributed by atoms with Gasteiger partial charge < -0.3 is 0 Å². The molecule has 0 aliphatic heterocycles. The van der Waals surface area contributed by atoms with Crippen LogP contribution in [0, 0.1) is 4.77 Å². The SMILES string of the molecule is Cn1c(Sc2ncn[nH]2)n[nH]c1=S. The maximum atomic E-state index is 4.96. The fourth-order valence-corrected chi connectivity index (χ4v) is 1.63. The molecule has 0 saturated heterocycles. The van der Waals surface area contributed by atoms with Gasteiger partial charge in [0.25, 0.3) is 0 Å². The van der Waals surface area contributed by atoms with Crippen LogP contribution in [0.3, 0.4) is 0 Å². The van der Waals surface area contributed by atoms with Gasteiger partial charge in [0, 0.05) is 7.05 Å². The van der Waals surface area contributed by atoms with E-state index in [9.17, 15) is 0 Å². The van der Waals surface area contributed by atoms with Gasteiger partial charge in [-0.1, -0.05) is 0 Å². The minimum atomic E-state index is 0.585. The van der Waals surface area contributed by atoms with Crippen LogP contribution in [0.25, 0.3) is 0 Å². The molecule has 0 fully saturated rings. The number of aromatic nitrogens is 6. The summed E-state index contributed by atoms with van der Waals surface area (Å²) in [5, 5.41) is 14.6. The van der Waals surface area contributed by atoms with E-state index in [1.807, 2.05) is 7.05 Å². The van der Waals surface area contributed by atoms with Gasteiger partial charge in [0.05, 0.1) is 0 Å². The van der Waals surface area contributed by atoms with Crippen LogP contribution in [0.2, 0.25) is 0 Å². The van der Waals surface area contributed by atoms with Gasteiger partial charge in [-0.3, -0.25) is 14.8 Å². The minimum absolute atomic E-state index is 0.585. The third-order valence-electron chi connectivity index (χ3n) is 1.42. The quantitative estimate of drug-likeness (QED) is 0.721. The molecule has 68 valence electrons. The summed E-state index contributed by atoms with van der Waals surface area (Å²) in [6.45, 7) is 0. The first-order valence-corrected chi connectivity index (χ1v) is 4.64. The summed E-state index contributed by atoms with van der Waals surface area (Å²) in [7, 11) is 1.84. The van der Waals surface area contributed by atoms with E-state index in [4.69, 9.17) is 12.2 Å². The third-order valence-corrected chi connectivity index (χ3v) is 2.72. The van der Waals surface area contributed by atoms with Crippen LogP contribution < -0.4 is 0 Å². The van der Waals surface area contributed by atoms with Gasteiger partial charge in [-0.25, -0.2) is 4.98 Å². The number of H-pyrrole nitrogens is 2. The Hall–Kier alpha value is -1.15. The molecule has 0 atom stereocenters. The minimum Gasteiger partial charge on any atom is -0.298 e. The van der Waals surface area contributed by atoms with Crippen LogP contribution in [0.15, 0.2) is 16.6 Å². The van der Waals surface area contributed by atoms with Gasteiger partial charge in [-0.2, -0.15) is 5.10 Å². The summed E-state index contributed by atoms with van der Waals surface area (Å²) in [6, 6.07) is 0. The van der Waals surface area contributed by atoms with E-state index in [0.717, 1.165) is 5.16 Å². The molecule has 0 spiro atoms. The Morgan fingerprint density at radius 1 is 1.54 bits per heavy atom. The number of rotatable bonds is 2. The maximum Gasteiger partial charge on any atom is 0.197 e. The van der Waals surface area contributed by atoms with Crippen molar-refractivity contribution in [2.75, 3.05) is 0 Å². The highest BCUT2D eigenvalue weighted by molar-refractivity contribution is 7.99. The van der Waals surface area contributed by atoms with Crippen molar-refractivity contribution < 1.29 is 0 Å². The van der Waals surface area contributed by atoms with Crippen molar-refractivity contribution in [2.45, 2.75) is 10.3 Å². The van der Waals surface area contributed by atoms with Crippen molar-refractivity contribution in [1.82, 2.24) is 29.9 Å². The predicted molar refractivity (Wildman–Crippen MR) is 48.9 cm³/mol. The van der Waals surface area contributed by atoms with Gasteiger partial charge in [0.1, 0.15) is 6.33 Å². The van der Waals surface area contributed by atoms with Crippen molar-refractivity contribution >= 4 is 24.0 Å². The molecule has 8 heteroatoms. The van der Waals surface area contributed by atoms with Gasteiger partial charge in [-0.15, -0.1) is 5.10 Å². The molecule has 2 N–H and O–H groups in total. The molecule has 0 aliphatic carbocycles. The summed E-state index contributed by atoms with van der Waals surface area (Å²) in [4.78, 5) is 3.96. The lowest BCUT2D eigenvalue weighted by Gasteiger charge is -1.94. The first-order chi connectivity index (χ1) is 6.27. The Balaban J connectivity index is 2.29. The molecular weight excluding hydrogens is 208 g/mol. The second kappa shape index (κ2) is 3.30. The molecule has 0 unspecified atom stereocenters. The fourth-order valence-electron chi connectivity index (χ4n) is 0.754. The molecule has 0 bridgehead atoms. The van der Waals surface area contributed by atoms with Gasteiger partial charge in [-0.05, 0) is 24.0 Å². The molecule has 0 amide bonds. The second-order valence-electron chi connectivity index (χ2n) is 2.26. The molecule has 13 heavy (non-hydrogen) atoms. The lowest BCUT2D eigenvalue weighted by molar-refractivity contribution is 0.777. The predicted octanol–water partition coefficient (Wildman–Crippen LogP) is 0.747. The van der Waals surface area contributed by atoms with Gasteiger partial charge in [0.15, 0.2) is 15.1 Å². The van der Waals surface area contributed by atoms with Crippen molar-refractivity contribution in [1.29, 1.82) is 0 Å². The number of hydrogen-bond donors (Lipinski definition) is 2. The average molecular weight is 214 g/mol. The zero-order chi connectivity index (χ0) is 9.26. The Morgan fingerprint density at radius 3 is 2.92 bits per heavy atom. The largest absolute Gasteiger partial charge is 0.298 e. The lowest BCUT2D eigenvalue weighted by Crippen LogP contribution is -1.90. The van der Waals surface area contributed by atoms with E-state index in [2.05, 4.69) is 25.4 Å². The average Bonchev–Trinajstić information content (AvgIpc) is 2.71. The van der Waals surface area contributed by atoms with E-state index in [-0.39, 0.29) is 0 Å². The Kier molecular flexibility index (Phi) is 2.15. The van der Waals surface area contributed by atoms with E-state index in [1.165, 1.54) is 18.1 Å². The molecule has 2 aromatic heterocycles. The second-order valence-corrected chi connectivity index (χ2v) is 3.61. The van der Waals surface area contributed by atoms with Crippen LogP contribution in [0.4, 0.5) is 0 Å². The number of aromatic amines is 2. The molecule has 0 aliphatic rings. The van der Waals surface area contributed by atoms with Crippen LogP contribution in [0.1, 0.15) is 0 Å². The molecular formula is C5H6N6S2. The zero-order valence-electron chi connectivity index (χ0n) is 6.68. The first-order valence-electron chi connectivity index (χ1n) is 3.42. The third kappa shape index (κ3) is 1.63. The monoisotopic (exact) mass is 214 g/mol. The summed E-state index contributed by atoms with van der Waals surface area (Å²) in [6.07, 6.45) is 1.45. The lowest BCUT2D eigenvalue weighted by atomic mass is 11.1. The molecule has 2 heterocycles. The Bertz CT molecular complexity index is 440. The topological polar surface area (TPSA) is 75.2 Å². The molecule has 0 saturated carbocycles. The highest BCUT2D eigenvalue weighted by Crippen LogP contribution is 2.20. The van der Waals surface area contributed by atoms with Crippen molar-refractivity contribution in [2.24, 2.45) is 7.05 Å². The molecule has 6 nitrogen and oxygen atoms in total. The van der Waals surface area contributed by atoms with Crippen LogP contribution in [-0.2, 0) is 7.05 Å². The Morgan fingerprint density at radius 2 is 2.38 bits per heavy atom. The van der Waals surface area contributed by atoms with E-state index in [0.29, 0.717) is 9.93 Å². The molecule has 2 aromatic rings. The smallest absolute Gasteiger partial charge is 0.197 e. The van der Waals surface area contributed by atoms with E-state index in [1.54, 1.807) is 4.57 Å². The summed E-state index contributed by atoms with van der Waals surface area (Å²) in [5.41, 5.74) is 0. The van der Waals surface area contributed by atoms with E-state index < -0.39 is 0 Å².